The molecule has 0 heterocycles. The quantitative estimate of drug-likeness (QED) is 0.534. The molecule has 1 aliphatic carbocycles. The van der Waals surface area contributed by atoms with E-state index in [1.54, 1.807) is 12.1 Å². The van der Waals surface area contributed by atoms with E-state index in [0.717, 1.165) is 43.2 Å². The van der Waals surface area contributed by atoms with Gasteiger partial charge in [0, 0.05) is 17.0 Å². The van der Waals surface area contributed by atoms with Crippen LogP contribution in [0.15, 0.2) is 53.4 Å². The summed E-state index contributed by atoms with van der Waals surface area (Å²) in [6, 6.07) is 14.4. The second-order valence-electron chi connectivity index (χ2n) is 8.76. The third-order valence-electron chi connectivity index (χ3n) is 6.13. The number of aryl methyl sites for hydroxylation is 1. The molecule has 0 saturated heterocycles. The van der Waals surface area contributed by atoms with Crippen LogP contribution in [-0.2, 0) is 27.7 Å². The molecule has 0 unspecified atom stereocenters. The Bertz CT molecular complexity index is 979. The van der Waals surface area contributed by atoms with Crippen molar-refractivity contribution in [2.75, 3.05) is 0 Å². The first-order chi connectivity index (χ1) is 14.7. The van der Waals surface area contributed by atoms with E-state index in [1.165, 1.54) is 12.1 Å². The SMILES string of the molecule is C[C@H]1CC[C@@](Cc2ccc(CCCC(=O)O)cc2)(NS(=O)(=O)c2ccc(Cl)cc2)CC1. The van der Waals surface area contributed by atoms with Gasteiger partial charge in [0.05, 0.1) is 4.90 Å². The number of carboxylic acid groups (broad SMARTS) is 1. The van der Waals surface area contributed by atoms with Crippen LogP contribution in [0.2, 0.25) is 5.02 Å². The normalized spacial score (nSPS) is 21.7. The zero-order valence-electron chi connectivity index (χ0n) is 17.8. The summed E-state index contributed by atoms with van der Waals surface area (Å²) in [6.07, 6.45) is 5.67. The van der Waals surface area contributed by atoms with Gasteiger partial charge < -0.3 is 5.11 Å². The summed E-state index contributed by atoms with van der Waals surface area (Å²) >= 11 is 5.92. The van der Waals surface area contributed by atoms with Gasteiger partial charge >= 0.3 is 5.97 Å². The lowest BCUT2D eigenvalue weighted by atomic mass is 9.74. The molecule has 2 N–H and O–H groups in total. The van der Waals surface area contributed by atoms with E-state index in [4.69, 9.17) is 16.7 Å². The number of sulfonamides is 1. The van der Waals surface area contributed by atoms with Crippen LogP contribution in [0.1, 0.15) is 56.6 Å². The van der Waals surface area contributed by atoms with E-state index < -0.39 is 21.5 Å². The second kappa shape index (κ2) is 10.2. The minimum atomic E-state index is -3.67. The molecule has 168 valence electrons. The first kappa shape index (κ1) is 23.8. The average Bonchev–Trinajstić information content (AvgIpc) is 2.71. The van der Waals surface area contributed by atoms with Gasteiger partial charge in [0.2, 0.25) is 10.0 Å². The summed E-state index contributed by atoms with van der Waals surface area (Å²) in [5.74, 6) is -0.192. The van der Waals surface area contributed by atoms with Crippen molar-refractivity contribution in [3.63, 3.8) is 0 Å². The maximum Gasteiger partial charge on any atom is 0.303 e. The number of nitrogens with one attached hydrogen (secondary N) is 1. The first-order valence-electron chi connectivity index (χ1n) is 10.8. The third-order valence-corrected chi connectivity index (χ3v) is 7.97. The number of carbonyl (C=O) groups is 1. The molecular formula is C24H30ClNO4S. The highest BCUT2D eigenvalue weighted by Gasteiger charge is 2.38. The number of carboxylic acids is 1. The zero-order valence-corrected chi connectivity index (χ0v) is 19.4. The summed E-state index contributed by atoms with van der Waals surface area (Å²) in [5, 5.41) is 9.29. The molecule has 2 aromatic rings. The highest BCUT2D eigenvalue weighted by Crippen LogP contribution is 2.36. The van der Waals surface area contributed by atoms with Crippen molar-refractivity contribution in [1.29, 1.82) is 0 Å². The number of halogens is 1. The van der Waals surface area contributed by atoms with Crippen molar-refractivity contribution >= 4 is 27.6 Å². The molecule has 0 aromatic heterocycles. The Morgan fingerprint density at radius 3 is 2.23 bits per heavy atom. The van der Waals surface area contributed by atoms with Crippen LogP contribution in [0, 0.1) is 5.92 Å². The lowest BCUT2D eigenvalue weighted by Crippen LogP contribution is -2.52. The van der Waals surface area contributed by atoms with Gasteiger partial charge in [0.25, 0.3) is 0 Å². The smallest absolute Gasteiger partial charge is 0.303 e. The molecule has 0 aliphatic heterocycles. The molecule has 3 rings (SSSR count). The molecule has 0 atom stereocenters. The summed E-state index contributed by atoms with van der Waals surface area (Å²) < 4.78 is 29.3. The Morgan fingerprint density at radius 1 is 1.06 bits per heavy atom. The molecule has 31 heavy (non-hydrogen) atoms. The van der Waals surface area contributed by atoms with Gasteiger partial charge in [-0.05, 0) is 86.3 Å². The van der Waals surface area contributed by atoms with Crippen LogP contribution in [0.5, 0.6) is 0 Å². The molecule has 1 aliphatic rings. The summed E-state index contributed by atoms with van der Waals surface area (Å²) in [7, 11) is -3.67. The molecule has 1 fully saturated rings. The Morgan fingerprint density at radius 2 is 1.65 bits per heavy atom. The first-order valence-corrected chi connectivity index (χ1v) is 12.6. The zero-order chi connectivity index (χ0) is 22.5. The van der Waals surface area contributed by atoms with Crippen molar-refractivity contribution < 1.29 is 18.3 Å². The standard InChI is InChI=1S/C24H30ClNO4S/c1-18-13-15-24(16-14-18,26-31(29,30)22-11-9-21(25)10-12-22)17-20-7-5-19(6-8-20)3-2-4-23(27)28/h5-12,18,26H,2-4,13-17H2,1H3,(H,27,28)/t18-,24+. The average molecular weight is 464 g/mol. The van der Waals surface area contributed by atoms with Crippen molar-refractivity contribution in [1.82, 2.24) is 4.72 Å². The van der Waals surface area contributed by atoms with E-state index in [-0.39, 0.29) is 11.3 Å². The number of hydrogen-bond donors (Lipinski definition) is 2. The molecule has 0 radical (unpaired) electrons. The van der Waals surface area contributed by atoms with Gasteiger partial charge in [-0.1, -0.05) is 42.8 Å². The number of hydrogen-bond acceptors (Lipinski definition) is 3. The molecule has 5 nitrogen and oxygen atoms in total. The highest BCUT2D eigenvalue weighted by molar-refractivity contribution is 7.89. The Balaban J connectivity index is 1.76. The van der Waals surface area contributed by atoms with Crippen LogP contribution in [-0.4, -0.2) is 25.0 Å². The fourth-order valence-electron chi connectivity index (χ4n) is 4.25. The highest BCUT2D eigenvalue weighted by atomic mass is 35.5. The van der Waals surface area contributed by atoms with E-state index in [2.05, 4.69) is 11.6 Å². The van der Waals surface area contributed by atoms with Gasteiger partial charge in [-0.25, -0.2) is 13.1 Å². The number of rotatable bonds is 9. The molecule has 0 bridgehead atoms. The van der Waals surface area contributed by atoms with Crippen LogP contribution in [0.4, 0.5) is 0 Å². The van der Waals surface area contributed by atoms with E-state index in [1.807, 2.05) is 24.3 Å². The van der Waals surface area contributed by atoms with Gasteiger partial charge in [0.1, 0.15) is 0 Å². The molecule has 0 spiro atoms. The molecule has 1 saturated carbocycles. The maximum atomic E-state index is 13.1. The largest absolute Gasteiger partial charge is 0.481 e. The molecule has 7 heteroatoms. The lowest BCUT2D eigenvalue weighted by molar-refractivity contribution is -0.137. The summed E-state index contributed by atoms with van der Waals surface area (Å²) in [5.41, 5.74) is 1.66. The summed E-state index contributed by atoms with van der Waals surface area (Å²) in [6.45, 7) is 2.21. The fraction of sp³-hybridized carbons (Fsp3) is 0.458. The Labute approximate surface area is 189 Å². The Hall–Kier alpha value is -1.89. The topological polar surface area (TPSA) is 83.5 Å². The van der Waals surface area contributed by atoms with Gasteiger partial charge in [0.15, 0.2) is 0 Å². The van der Waals surface area contributed by atoms with Gasteiger partial charge in [-0.2, -0.15) is 0 Å². The van der Waals surface area contributed by atoms with E-state index in [0.29, 0.717) is 23.8 Å². The van der Waals surface area contributed by atoms with Crippen LogP contribution in [0.25, 0.3) is 0 Å². The minimum Gasteiger partial charge on any atom is -0.481 e. The van der Waals surface area contributed by atoms with Crippen LogP contribution < -0.4 is 4.72 Å². The van der Waals surface area contributed by atoms with Crippen molar-refractivity contribution in [3.05, 3.63) is 64.7 Å². The van der Waals surface area contributed by atoms with Crippen molar-refractivity contribution in [3.8, 4) is 0 Å². The fourth-order valence-corrected chi connectivity index (χ4v) is 5.83. The molecule has 2 aromatic carbocycles. The second-order valence-corrected chi connectivity index (χ2v) is 10.9. The number of benzene rings is 2. The van der Waals surface area contributed by atoms with Gasteiger partial charge in [-0.15, -0.1) is 0 Å². The lowest BCUT2D eigenvalue weighted by Gasteiger charge is -2.40. The predicted octanol–water partition coefficient (Wildman–Crippen LogP) is 5.22. The summed E-state index contributed by atoms with van der Waals surface area (Å²) in [4.78, 5) is 10.9. The van der Waals surface area contributed by atoms with E-state index >= 15 is 0 Å². The molecule has 0 amide bonds. The van der Waals surface area contributed by atoms with Crippen LogP contribution >= 0.6 is 11.6 Å². The third kappa shape index (κ3) is 6.79. The number of aliphatic carboxylic acids is 1. The predicted molar refractivity (Wildman–Crippen MR) is 123 cm³/mol. The van der Waals surface area contributed by atoms with Gasteiger partial charge in [-0.3, -0.25) is 4.79 Å². The Kier molecular flexibility index (Phi) is 7.78. The van der Waals surface area contributed by atoms with Crippen molar-refractivity contribution in [2.24, 2.45) is 5.92 Å². The minimum absolute atomic E-state index is 0.162. The van der Waals surface area contributed by atoms with Crippen molar-refractivity contribution in [2.45, 2.75) is 68.7 Å². The van der Waals surface area contributed by atoms with E-state index in [9.17, 15) is 13.2 Å². The monoisotopic (exact) mass is 463 g/mol. The maximum absolute atomic E-state index is 13.1. The molecular weight excluding hydrogens is 434 g/mol. The van der Waals surface area contributed by atoms with Crippen LogP contribution in [0.3, 0.4) is 0 Å².